The fourth-order valence-corrected chi connectivity index (χ4v) is 3.06. The number of amides is 1. The minimum atomic E-state index is -0.753. The van der Waals surface area contributed by atoms with Gasteiger partial charge in [0.05, 0.1) is 12.1 Å². The number of carbonyl (C=O) groups is 1. The number of piperidine rings is 1. The molecule has 2 aliphatic rings. The zero-order valence-corrected chi connectivity index (χ0v) is 13.4. The van der Waals surface area contributed by atoms with Crippen molar-refractivity contribution in [1.82, 2.24) is 15.2 Å². The van der Waals surface area contributed by atoms with Gasteiger partial charge in [0.1, 0.15) is 0 Å². The first-order chi connectivity index (χ1) is 10.2. The van der Waals surface area contributed by atoms with Gasteiger partial charge in [0, 0.05) is 50.8 Å². The molecule has 1 aromatic rings. The molecule has 22 heavy (non-hydrogen) atoms. The van der Waals surface area contributed by atoms with E-state index in [1.165, 1.54) is 0 Å². The zero-order chi connectivity index (χ0) is 14.7. The van der Waals surface area contributed by atoms with Gasteiger partial charge in [0.25, 0.3) is 0 Å². The molecule has 0 unspecified atom stereocenters. The Labute approximate surface area is 136 Å². The second-order valence-corrected chi connectivity index (χ2v) is 5.91. The van der Waals surface area contributed by atoms with E-state index in [4.69, 9.17) is 0 Å². The van der Waals surface area contributed by atoms with Crippen molar-refractivity contribution in [2.24, 2.45) is 0 Å². The van der Waals surface area contributed by atoms with Gasteiger partial charge in [0.15, 0.2) is 0 Å². The van der Waals surface area contributed by atoms with Crippen LogP contribution >= 0.6 is 12.4 Å². The number of pyridine rings is 1. The Kier molecular flexibility index (Phi) is 5.61. The van der Waals surface area contributed by atoms with Gasteiger partial charge in [-0.3, -0.25) is 9.78 Å². The highest BCUT2D eigenvalue weighted by molar-refractivity contribution is 5.85. The molecule has 7 heteroatoms. The predicted molar refractivity (Wildman–Crippen MR) is 87.3 cm³/mol. The molecule has 0 aliphatic carbocycles. The topological polar surface area (TPSA) is 68.7 Å². The van der Waals surface area contributed by atoms with Crippen molar-refractivity contribution in [3.8, 4) is 0 Å². The van der Waals surface area contributed by atoms with Crippen LogP contribution in [0.15, 0.2) is 24.5 Å². The summed E-state index contributed by atoms with van der Waals surface area (Å²) in [6, 6.07) is 3.98. The van der Waals surface area contributed by atoms with Crippen LogP contribution in [0.2, 0.25) is 0 Å². The highest BCUT2D eigenvalue weighted by atomic mass is 35.5. The number of nitrogens with zero attached hydrogens (tertiary/aromatic N) is 3. The fraction of sp³-hybridized carbons (Fsp3) is 0.600. The smallest absolute Gasteiger partial charge is 0.236 e. The van der Waals surface area contributed by atoms with Crippen molar-refractivity contribution >= 4 is 24.0 Å². The lowest BCUT2D eigenvalue weighted by Gasteiger charge is -2.42. The molecule has 2 fully saturated rings. The Morgan fingerprint density at radius 1 is 1.23 bits per heavy atom. The first-order valence-electron chi connectivity index (χ1n) is 7.52. The summed E-state index contributed by atoms with van der Waals surface area (Å²) in [7, 11) is 0. The van der Waals surface area contributed by atoms with Crippen molar-refractivity contribution in [2.75, 3.05) is 44.2 Å². The lowest BCUT2D eigenvalue weighted by molar-refractivity contribution is -0.136. The maximum Gasteiger partial charge on any atom is 0.236 e. The van der Waals surface area contributed by atoms with Crippen LogP contribution in [-0.2, 0) is 4.79 Å². The minimum absolute atomic E-state index is 0. The Hall–Kier alpha value is -1.37. The molecular formula is C15H23ClN4O2. The van der Waals surface area contributed by atoms with E-state index in [-0.39, 0.29) is 18.3 Å². The molecule has 0 atom stereocenters. The number of hydrogen-bond donors (Lipinski definition) is 2. The van der Waals surface area contributed by atoms with Crippen LogP contribution in [-0.4, -0.2) is 65.8 Å². The number of aliphatic hydroxyl groups is 1. The molecule has 3 rings (SSSR count). The molecule has 0 bridgehead atoms. The van der Waals surface area contributed by atoms with Crippen molar-refractivity contribution in [1.29, 1.82) is 0 Å². The average molecular weight is 327 g/mol. The third-order valence-corrected chi connectivity index (χ3v) is 4.39. The normalized spacial score (nSPS) is 21.4. The number of piperazine rings is 1. The highest BCUT2D eigenvalue weighted by Gasteiger charge is 2.35. The van der Waals surface area contributed by atoms with Crippen LogP contribution in [0.4, 0.5) is 5.69 Å². The number of carbonyl (C=O) groups excluding carboxylic acids is 1. The molecule has 1 amide bonds. The molecule has 0 saturated carbocycles. The Balaban J connectivity index is 0.00000176. The van der Waals surface area contributed by atoms with Crippen molar-refractivity contribution in [3.05, 3.63) is 24.5 Å². The summed E-state index contributed by atoms with van der Waals surface area (Å²) in [5, 5.41) is 13.8. The van der Waals surface area contributed by atoms with E-state index in [9.17, 15) is 9.90 Å². The fourth-order valence-electron chi connectivity index (χ4n) is 3.06. The third kappa shape index (κ3) is 3.88. The number of β-amino-alcohol motifs (C(OH)–C–C–N with tert-alkyl or cyclic N) is 1. The monoisotopic (exact) mass is 326 g/mol. The summed E-state index contributed by atoms with van der Waals surface area (Å²) in [6.07, 6.45) is 4.95. The van der Waals surface area contributed by atoms with Crippen LogP contribution in [0.25, 0.3) is 0 Å². The standard InChI is InChI=1S/C15H22N4O2.ClH/c20-14-11-17-7-10-19(14)12-15(21)3-8-18(9-4-15)13-1-5-16-6-2-13;/h1-2,5-6,17,21H,3-4,7-12H2;1H. The third-order valence-electron chi connectivity index (χ3n) is 4.39. The minimum Gasteiger partial charge on any atom is -0.388 e. The molecule has 3 heterocycles. The summed E-state index contributed by atoms with van der Waals surface area (Å²) in [6.45, 7) is 3.96. The second kappa shape index (κ2) is 7.26. The summed E-state index contributed by atoms with van der Waals surface area (Å²) < 4.78 is 0. The van der Waals surface area contributed by atoms with Gasteiger partial charge in [-0.2, -0.15) is 0 Å². The van der Waals surface area contributed by atoms with Gasteiger partial charge >= 0.3 is 0 Å². The molecule has 0 aromatic carbocycles. The molecular weight excluding hydrogens is 304 g/mol. The van der Waals surface area contributed by atoms with E-state index in [0.717, 1.165) is 25.3 Å². The summed E-state index contributed by atoms with van der Waals surface area (Å²) in [5.74, 6) is 0.0891. The Morgan fingerprint density at radius 3 is 2.55 bits per heavy atom. The maximum absolute atomic E-state index is 11.8. The SMILES string of the molecule is Cl.O=C1CNCCN1CC1(O)CCN(c2ccncc2)CC1. The maximum atomic E-state index is 11.8. The summed E-state index contributed by atoms with van der Waals surface area (Å²) in [5.41, 5.74) is 0.390. The van der Waals surface area contributed by atoms with Crippen LogP contribution in [0, 0.1) is 0 Å². The van der Waals surface area contributed by atoms with E-state index in [2.05, 4.69) is 15.2 Å². The van der Waals surface area contributed by atoms with E-state index in [1.807, 2.05) is 12.1 Å². The van der Waals surface area contributed by atoms with Crippen molar-refractivity contribution in [3.63, 3.8) is 0 Å². The van der Waals surface area contributed by atoms with Gasteiger partial charge in [-0.25, -0.2) is 0 Å². The molecule has 0 spiro atoms. The first kappa shape index (κ1) is 17.0. The van der Waals surface area contributed by atoms with Gasteiger partial charge in [-0.1, -0.05) is 0 Å². The summed E-state index contributed by atoms with van der Waals surface area (Å²) in [4.78, 5) is 19.9. The number of hydrogen-bond acceptors (Lipinski definition) is 5. The van der Waals surface area contributed by atoms with Crippen LogP contribution < -0.4 is 10.2 Å². The number of anilines is 1. The van der Waals surface area contributed by atoms with Gasteiger partial charge in [-0.05, 0) is 25.0 Å². The number of aromatic nitrogens is 1. The Morgan fingerprint density at radius 2 is 1.91 bits per heavy atom. The van der Waals surface area contributed by atoms with Crippen LogP contribution in [0.3, 0.4) is 0 Å². The molecule has 1 aromatic heterocycles. The number of halogens is 1. The average Bonchev–Trinajstić information content (AvgIpc) is 2.51. The van der Waals surface area contributed by atoms with Crippen LogP contribution in [0.5, 0.6) is 0 Å². The van der Waals surface area contributed by atoms with E-state index >= 15 is 0 Å². The lowest BCUT2D eigenvalue weighted by atomic mass is 9.90. The quantitative estimate of drug-likeness (QED) is 0.834. The number of nitrogens with one attached hydrogen (secondary N) is 1. The zero-order valence-electron chi connectivity index (χ0n) is 12.6. The van der Waals surface area contributed by atoms with Crippen molar-refractivity contribution < 1.29 is 9.90 Å². The van der Waals surface area contributed by atoms with Crippen molar-refractivity contribution in [2.45, 2.75) is 18.4 Å². The second-order valence-electron chi connectivity index (χ2n) is 5.91. The summed E-state index contributed by atoms with van der Waals surface area (Å²) >= 11 is 0. The first-order valence-corrected chi connectivity index (χ1v) is 7.52. The van der Waals surface area contributed by atoms with Gasteiger partial charge in [0.2, 0.25) is 5.91 Å². The molecule has 2 aliphatic heterocycles. The predicted octanol–water partition coefficient (Wildman–Crippen LogP) is 0.266. The molecule has 6 nitrogen and oxygen atoms in total. The van der Waals surface area contributed by atoms with Crippen LogP contribution in [0.1, 0.15) is 12.8 Å². The Bertz CT molecular complexity index is 492. The lowest BCUT2D eigenvalue weighted by Crippen LogP contribution is -2.56. The highest BCUT2D eigenvalue weighted by Crippen LogP contribution is 2.27. The molecule has 0 radical (unpaired) electrons. The van der Waals surface area contributed by atoms with E-state index < -0.39 is 5.60 Å². The van der Waals surface area contributed by atoms with Gasteiger partial charge < -0.3 is 20.2 Å². The number of rotatable bonds is 3. The molecule has 2 N–H and O–H groups in total. The molecule has 122 valence electrons. The van der Waals surface area contributed by atoms with Gasteiger partial charge in [-0.15, -0.1) is 12.4 Å². The van der Waals surface area contributed by atoms with E-state index in [1.54, 1.807) is 17.3 Å². The molecule has 2 saturated heterocycles. The largest absolute Gasteiger partial charge is 0.388 e. The van der Waals surface area contributed by atoms with E-state index in [0.29, 0.717) is 32.5 Å².